The Balaban J connectivity index is 1.64. The molecule has 4 aromatic heterocycles. The lowest BCUT2D eigenvalue weighted by molar-refractivity contribution is 0.0742. The summed E-state index contributed by atoms with van der Waals surface area (Å²) in [5.41, 5.74) is 4.05. The number of morpholine rings is 1. The second kappa shape index (κ2) is 9.43. The predicted molar refractivity (Wildman–Crippen MR) is 142 cm³/mol. The minimum atomic E-state index is -1.99. The van der Waals surface area contributed by atoms with Crippen molar-refractivity contribution in [1.82, 2.24) is 54.3 Å². The number of rotatable bonds is 6. The number of aromatic amines is 4. The van der Waals surface area contributed by atoms with E-state index < -0.39 is 10.4 Å². The van der Waals surface area contributed by atoms with Crippen molar-refractivity contribution in [3.8, 4) is 0 Å². The fraction of sp³-hybridized carbons (Fsp3) is 0.333. The van der Waals surface area contributed by atoms with Crippen LogP contribution in [-0.2, 0) is 4.74 Å². The van der Waals surface area contributed by atoms with Gasteiger partial charge in [-0.15, -0.1) is 0 Å². The number of imidazole rings is 1. The first-order valence-corrected chi connectivity index (χ1v) is 14.0. The predicted octanol–water partition coefficient (Wildman–Crippen LogP) is 1.90. The third-order valence-corrected chi connectivity index (χ3v) is 11.3. The van der Waals surface area contributed by atoms with Crippen molar-refractivity contribution in [3.63, 3.8) is 0 Å². The largest absolute Gasteiger partial charge is 0.379 e. The van der Waals surface area contributed by atoms with Crippen LogP contribution >= 0.6 is 10.4 Å². The molecule has 3 aliphatic rings. The summed E-state index contributed by atoms with van der Waals surface area (Å²) < 4.78 is 11.2. The lowest BCUT2D eigenvalue weighted by Gasteiger charge is -2.57. The minimum Gasteiger partial charge on any atom is -0.379 e. The maximum absolute atomic E-state index is 5.88. The standard InChI is InChI=1S/C24H29N11OS/c1-2-17(26-4-1)21-20(24-29-16-31-33-24)19(23-27-6-7-28-23)22(18-3-5-30-32-18)37(21,34-10-8-25-9-11-34)35-12-14-36-15-13-35/h1-7,16,25-26H,8-15H2,(H,27,28)(H,30,32)(H,29,31,33). The van der Waals surface area contributed by atoms with Crippen LogP contribution in [-0.4, -0.2) is 101 Å². The maximum atomic E-state index is 5.88. The van der Waals surface area contributed by atoms with Crippen LogP contribution in [0, 0.1) is 0 Å². The number of aromatic nitrogens is 8. The molecular weight excluding hydrogens is 490 g/mol. The van der Waals surface area contributed by atoms with Crippen LogP contribution in [0.2, 0.25) is 0 Å². The van der Waals surface area contributed by atoms with E-state index in [2.05, 4.69) is 67.5 Å². The van der Waals surface area contributed by atoms with Gasteiger partial charge in [0.15, 0.2) is 5.82 Å². The van der Waals surface area contributed by atoms with Gasteiger partial charge in [-0.3, -0.25) is 10.2 Å². The van der Waals surface area contributed by atoms with Crippen molar-refractivity contribution in [2.75, 3.05) is 52.5 Å². The van der Waals surface area contributed by atoms with Crippen LogP contribution in [0.1, 0.15) is 23.0 Å². The zero-order chi connectivity index (χ0) is 24.7. The molecule has 1 atom stereocenters. The molecule has 0 aliphatic carbocycles. The lowest BCUT2D eigenvalue weighted by Crippen LogP contribution is -2.51. The molecule has 1 unspecified atom stereocenters. The average molecular weight is 520 g/mol. The van der Waals surface area contributed by atoms with Gasteiger partial charge in [0.05, 0.1) is 34.4 Å². The molecule has 13 heteroatoms. The summed E-state index contributed by atoms with van der Waals surface area (Å²) in [4.78, 5) is 18.8. The first kappa shape index (κ1) is 22.7. The van der Waals surface area contributed by atoms with E-state index >= 15 is 0 Å². The summed E-state index contributed by atoms with van der Waals surface area (Å²) >= 11 is 0. The highest BCUT2D eigenvalue weighted by Crippen LogP contribution is 2.80. The van der Waals surface area contributed by atoms with Crippen molar-refractivity contribution in [2.24, 2.45) is 0 Å². The zero-order valence-corrected chi connectivity index (χ0v) is 21.1. The number of ether oxygens (including phenoxy) is 1. The number of nitrogens with zero attached hydrogens (tertiary/aromatic N) is 6. The Morgan fingerprint density at radius 1 is 0.757 bits per heavy atom. The van der Waals surface area contributed by atoms with Gasteiger partial charge in [0.1, 0.15) is 12.2 Å². The lowest BCUT2D eigenvalue weighted by atomic mass is 10.0. The Morgan fingerprint density at radius 3 is 2.24 bits per heavy atom. The van der Waals surface area contributed by atoms with E-state index in [1.54, 1.807) is 12.5 Å². The zero-order valence-electron chi connectivity index (χ0n) is 20.3. The van der Waals surface area contributed by atoms with Crippen molar-refractivity contribution in [1.29, 1.82) is 0 Å². The van der Waals surface area contributed by atoms with Gasteiger partial charge in [0.2, 0.25) is 0 Å². The second-order valence-corrected chi connectivity index (χ2v) is 12.0. The molecule has 4 aromatic rings. The van der Waals surface area contributed by atoms with Gasteiger partial charge in [-0.25, -0.2) is 18.6 Å². The monoisotopic (exact) mass is 519 g/mol. The number of hydrogen-bond donors (Lipinski definition) is 5. The van der Waals surface area contributed by atoms with Crippen LogP contribution in [0.5, 0.6) is 0 Å². The molecule has 192 valence electrons. The van der Waals surface area contributed by atoms with E-state index in [0.717, 1.165) is 67.6 Å². The number of allylic oxidation sites excluding steroid dienone is 2. The van der Waals surface area contributed by atoms with Crippen molar-refractivity contribution in [2.45, 2.75) is 0 Å². The molecule has 7 rings (SSSR count). The Kier molecular flexibility index (Phi) is 5.78. The Labute approximate surface area is 215 Å². The fourth-order valence-corrected chi connectivity index (χ4v) is 10.4. The van der Waals surface area contributed by atoms with Gasteiger partial charge < -0.3 is 20.0 Å². The summed E-state index contributed by atoms with van der Waals surface area (Å²) in [5, 5.41) is 18.7. The first-order valence-electron chi connectivity index (χ1n) is 12.5. The molecule has 0 amide bonds. The maximum Gasteiger partial charge on any atom is 0.157 e. The molecule has 0 saturated carbocycles. The van der Waals surface area contributed by atoms with Gasteiger partial charge in [-0.05, 0) is 18.2 Å². The Morgan fingerprint density at radius 2 is 1.57 bits per heavy atom. The summed E-state index contributed by atoms with van der Waals surface area (Å²) in [5.74, 6) is 1.50. The third-order valence-electron chi connectivity index (χ3n) is 7.04. The number of H-pyrrole nitrogens is 4. The summed E-state index contributed by atoms with van der Waals surface area (Å²) in [7, 11) is -1.99. The van der Waals surface area contributed by atoms with Crippen molar-refractivity contribution < 1.29 is 4.74 Å². The molecule has 0 spiro atoms. The van der Waals surface area contributed by atoms with Gasteiger partial charge in [0.25, 0.3) is 0 Å². The minimum absolute atomic E-state index is 0.683. The Hall–Kier alpha value is -3.49. The summed E-state index contributed by atoms with van der Waals surface area (Å²) in [6.45, 7) is 6.65. The van der Waals surface area contributed by atoms with E-state index in [1.807, 2.05) is 18.6 Å². The third kappa shape index (κ3) is 3.54. The van der Waals surface area contributed by atoms with E-state index in [9.17, 15) is 0 Å². The summed E-state index contributed by atoms with van der Waals surface area (Å²) in [6.07, 6.45) is 9.05. The highest BCUT2D eigenvalue weighted by molar-refractivity contribution is 8.45. The second-order valence-electron chi connectivity index (χ2n) is 9.00. The quantitative estimate of drug-likeness (QED) is 0.260. The van der Waals surface area contributed by atoms with Crippen LogP contribution in [0.3, 0.4) is 0 Å². The van der Waals surface area contributed by atoms with Gasteiger partial charge >= 0.3 is 0 Å². The normalized spacial score (nSPS) is 25.6. The van der Waals surface area contributed by atoms with E-state index in [-0.39, 0.29) is 0 Å². The molecule has 0 bridgehead atoms. The Bertz CT molecular complexity index is 1270. The van der Waals surface area contributed by atoms with Crippen LogP contribution < -0.4 is 5.32 Å². The van der Waals surface area contributed by atoms with Gasteiger partial charge in [0, 0.05) is 75.2 Å². The molecule has 0 radical (unpaired) electrons. The van der Waals surface area contributed by atoms with Crippen molar-refractivity contribution in [3.05, 3.63) is 72.4 Å². The molecule has 0 aromatic carbocycles. The molecule has 2 fully saturated rings. The van der Waals surface area contributed by atoms with Crippen molar-refractivity contribution >= 4 is 31.4 Å². The highest BCUT2D eigenvalue weighted by Gasteiger charge is 2.54. The van der Waals surface area contributed by atoms with Gasteiger partial charge in [-0.2, -0.15) is 10.2 Å². The van der Waals surface area contributed by atoms with Crippen LogP contribution in [0.25, 0.3) is 21.0 Å². The van der Waals surface area contributed by atoms with E-state index in [0.29, 0.717) is 19.0 Å². The van der Waals surface area contributed by atoms with E-state index in [4.69, 9.17) is 9.72 Å². The molecule has 2 saturated heterocycles. The number of nitrogens with one attached hydrogen (secondary N) is 5. The molecule has 12 nitrogen and oxygen atoms in total. The molecular formula is C24H29N11OS. The van der Waals surface area contributed by atoms with Gasteiger partial charge in [-0.1, -0.05) is 10.4 Å². The number of piperazine rings is 1. The first-order chi connectivity index (χ1) is 18.4. The van der Waals surface area contributed by atoms with E-state index in [1.165, 1.54) is 9.81 Å². The molecule has 3 aliphatic heterocycles. The molecule has 7 heterocycles. The summed E-state index contributed by atoms with van der Waals surface area (Å²) in [6, 6.07) is 6.28. The molecule has 5 N–H and O–H groups in total. The SMILES string of the molecule is c1c[nH]c(C2=C(c3ncn[nH]3)C(c3ncc[nH]3)=C(c3ccn[nH]3)S2(N2CCNCC2)N2CCOCC2)c1. The smallest absolute Gasteiger partial charge is 0.157 e. The highest BCUT2D eigenvalue weighted by atomic mass is 32.3. The topological polar surface area (TPSA) is 142 Å². The number of hydrogen-bond acceptors (Lipinski definition) is 8. The molecule has 37 heavy (non-hydrogen) atoms. The van der Waals surface area contributed by atoms with Crippen LogP contribution in [0.15, 0.2) is 49.3 Å². The van der Waals surface area contributed by atoms with Crippen LogP contribution in [0.4, 0.5) is 0 Å². The fourth-order valence-electron chi connectivity index (χ4n) is 5.62. The average Bonchev–Trinajstić information content (AvgIpc) is 3.78.